The Bertz CT molecular complexity index is 138. The van der Waals surface area contributed by atoms with E-state index in [-0.39, 0.29) is 0 Å². The van der Waals surface area contributed by atoms with Gasteiger partial charge in [-0.1, -0.05) is 13.3 Å². The fourth-order valence-corrected chi connectivity index (χ4v) is 2.33. The van der Waals surface area contributed by atoms with Crippen molar-refractivity contribution in [3.05, 3.63) is 0 Å². The molecule has 1 rings (SSSR count). The van der Waals surface area contributed by atoms with Crippen LogP contribution in [0.25, 0.3) is 0 Å². The third kappa shape index (κ3) is 2.96. The van der Waals surface area contributed by atoms with Gasteiger partial charge in [0.25, 0.3) is 0 Å². The van der Waals surface area contributed by atoms with Gasteiger partial charge < -0.3 is 10.5 Å². The second kappa shape index (κ2) is 5.61. The first-order valence-corrected chi connectivity index (χ1v) is 5.63. The molecule has 3 unspecified atom stereocenters. The first-order valence-electron chi connectivity index (χ1n) is 5.63. The SMILES string of the molecule is CCOC1CC(CC)CCC1CN. The smallest absolute Gasteiger partial charge is 0.0617 e. The van der Waals surface area contributed by atoms with E-state index in [1.165, 1.54) is 25.7 Å². The van der Waals surface area contributed by atoms with E-state index < -0.39 is 0 Å². The van der Waals surface area contributed by atoms with Crippen molar-refractivity contribution >= 4 is 0 Å². The highest BCUT2D eigenvalue weighted by Crippen LogP contribution is 2.32. The molecule has 0 saturated heterocycles. The van der Waals surface area contributed by atoms with Gasteiger partial charge in [0.05, 0.1) is 6.10 Å². The summed E-state index contributed by atoms with van der Waals surface area (Å²) in [6.45, 7) is 5.97. The zero-order valence-corrected chi connectivity index (χ0v) is 8.96. The van der Waals surface area contributed by atoms with Crippen LogP contribution in [-0.2, 0) is 4.74 Å². The van der Waals surface area contributed by atoms with Gasteiger partial charge in [-0.3, -0.25) is 0 Å². The lowest BCUT2D eigenvalue weighted by Crippen LogP contribution is -2.36. The molecule has 0 heterocycles. The number of nitrogens with two attached hydrogens (primary N) is 1. The van der Waals surface area contributed by atoms with Crippen LogP contribution < -0.4 is 5.73 Å². The summed E-state index contributed by atoms with van der Waals surface area (Å²) in [7, 11) is 0. The largest absolute Gasteiger partial charge is 0.378 e. The maximum absolute atomic E-state index is 5.74. The molecule has 0 spiro atoms. The van der Waals surface area contributed by atoms with Gasteiger partial charge in [0.1, 0.15) is 0 Å². The normalized spacial score (nSPS) is 34.8. The molecule has 2 heteroatoms. The lowest BCUT2D eigenvalue weighted by molar-refractivity contribution is -0.0177. The maximum Gasteiger partial charge on any atom is 0.0617 e. The van der Waals surface area contributed by atoms with Gasteiger partial charge >= 0.3 is 0 Å². The Kier molecular flexibility index (Phi) is 4.74. The van der Waals surface area contributed by atoms with Crippen LogP contribution in [0.1, 0.15) is 39.5 Å². The van der Waals surface area contributed by atoms with Crippen molar-refractivity contribution in [2.45, 2.75) is 45.6 Å². The van der Waals surface area contributed by atoms with Crippen LogP contribution in [-0.4, -0.2) is 19.3 Å². The van der Waals surface area contributed by atoms with Gasteiger partial charge in [-0.15, -0.1) is 0 Å². The van der Waals surface area contributed by atoms with E-state index in [0.717, 1.165) is 19.1 Å². The van der Waals surface area contributed by atoms with Crippen molar-refractivity contribution in [2.24, 2.45) is 17.6 Å². The van der Waals surface area contributed by atoms with Crippen molar-refractivity contribution in [1.82, 2.24) is 0 Å². The molecule has 13 heavy (non-hydrogen) atoms. The summed E-state index contributed by atoms with van der Waals surface area (Å²) in [6.07, 6.45) is 5.57. The molecule has 1 saturated carbocycles. The molecule has 1 aliphatic rings. The molecule has 0 amide bonds. The van der Waals surface area contributed by atoms with Crippen LogP contribution in [0.5, 0.6) is 0 Å². The summed E-state index contributed by atoms with van der Waals surface area (Å²) >= 11 is 0. The van der Waals surface area contributed by atoms with E-state index in [0.29, 0.717) is 12.0 Å². The number of rotatable bonds is 4. The van der Waals surface area contributed by atoms with Crippen molar-refractivity contribution in [1.29, 1.82) is 0 Å². The quantitative estimate of drug-likeness (QED) is 0.728. The Morgan fingerprint density at radius 1 is 1.31 bits per heavy atom. The molecule has 0 aromatic heterocycles. The van der Waals surface area contributed by atoms with E-state index in [1.807, 2.05) is 0 Å². The maximum atomic E-state index is 5.74. The van der Waals surface area contributed by atoms with Gasteiger partial charge in [0.15, 0.2) is 0 Å². The van der Waals surface area contributed by atoms with E-state index >= 15 is 0 Å². The zero-order valence-electron chi connectivity index (χ0n) is 8.96. The monoisotopic (exact) mass is 185 g/mol. The van der Waals surface area contributed by atoms with Crippen LogP contribution >= 0.6 is 0 Å². The highest BCUT2D eigenvalue weighted by molar-refractivity contribution is 4.80. The standard InChI is InChI=1S/C11H23NO/c1-3-9-5-6-10(8-12)11(7-9)13-4-2/h9-11H,3-8,12H2,1-2H3. The summed E-state index contributed by atoms with van der Waals surface area (Å²) < 4.78 is 5.74. The summed E-state index contributed by atoms with van der Waals surface area (Å²) in [4.78, 5) is 0. The highest BCUT2D eigenvalue weighted by atomic mass is 16.5. The van der Waals surface area contributed by atoms with E-state index in [1.54, 1.807) is 0 Å². The molecule has 0 aliphatic heterocycles. The Labute approximate surface area is 81.8 Å². The minimum absolute atomic E-state index is 0.439. The predicted molar refractivity (Wildman–Crippen MR) is 55.6 cm³/mol. The third-order valence-electron chi connectivity index (χ3n) is 3.30. The molecule has 2 nitrogen and oxygen atoms in total. The Morgan fingerprint density at radius 3 is 2.62 bits per heavy atom. The topological polar surface area (TPSA) is 35.2 Å². The van der Waals surface area contributed by atoms with Crippen molar-refractivity contribution < 1.29 is 4.74 Å². The van der Waals surface area contributed by atoms with E-state index in [9.17, 15) is 0 Å². The molecule has 0 aromatic rings. The molecule has 1 fully saturated rings. The van der Waals surface area contributed by atoms with Gasteiger partial charge in [0, 0.05) is 6.61 Å². The third-order valence-corrected chi connectivity index (χ3v) is 3.30. The molecule has 3 atom stereocenters. The summed E-state index contributed by atoms with van der Waals surface area (Å²) in [5.74, 6) is 1.49. The number of hydrogen-bond acceptors (Lipinski definition) is 2. The fraction of sp³-hybridized carbons (Fsp3) is 1.00. The Morgan fingerprint density at radius 2 is 2.08 bits per heavy atom. The lowest BCUT2D eigenvalue weighted by atomic mass is 9.78. The summed E-state index contributed by atoms with van der Waals surface area (Å²) in [5, 5.41) is 0. The Hall–Kier alpha value is -0.0800. The molecule has 0 aromatic carbocycles. The minimum Gasteiger partial charge on any atom is -0.378 e. The molecule has 2 N–H and O–H groups in total. The van der Waals surface area contributed by atoms with Crippen LogP contribution in [0.2, 0.25) is 0 Å². The van der Waals surface area contributed by atoms with Gasteiger partial charge in [-0.25, -0.2) is 0 Å². The fourth-order valence-electron chi connectivity index (χ4n) is 2.33. The van der Waals surface area contributed by atoms with Crippen LogP contribution in [0, 0.1) is 11.8 Å². The van der Waals surface area contributed by atoms with E-state index in [2.05, 4.69) is 13.8 Å². The summed E-state index contributed by atoms with van der Waals surface area (Å²) in [5.41, 5.74) is 5.73. The van der Waals surface area contributed by atoms with Crippen molar-refractivity contribution in [2.75, 3.05) is 13.2 Å². The van der Waals surface area contributed by atoms with Crippen LogP contribution in [0.15, 0.2) is 0 Å². The molecule has 1 aliphatic carbocycles. The minimum atomic E-state index is 0.439. The van der Waals surface area contributed by atoms with Gasteiger partial charge in [-0.2, -0.15) is 0 Å². The first-order chi connectivity index (χ1) is 6.31. The lowest BCUT2D eigenvalue weighted by Gasteiger charge is -2.34. The Balaban J connectivity index is 2.42. The van der Waals surface area contributed by atoms with Crippen molar-refractivity contribution in [3.63, 3.8) is 0 Å². The molecule has 0 radical (unpaired) electrons. The molecule has 78 valence electrons. The van der Waals surface area contributed by atoms with E-state index in [4.69, 9.17) is 10.5 Å². The highest BCUT2D eigenvalue weighted by Gasteiger charge is 2.28. The van der Waals surface area contributed by atoms with Gasteiger partial charge in [-0.05, 0) is 44.6 Å². The number of ether oxygens (including phenoxy) is 1. The predicted octanol–water partition coefficient (Wildman–Crippen LogP) is 2.18. The first kappa shape index (κ1) is 11.0. The molecular formula is C11H23NO. The van der Waals surface area contributed by atoms with Crippen molar-refractivity contribution in [3.8, 4) is 0 Å². The molecule has 0 bridgehead atoms. The second-order valence-electron chi connectivity index (χ2n) is 4.08. The average Bonchev–Trinajstić information content (AvgIpc) is 2.18. The molecular weight excluding hydrogens is 162 g/mol. The van der Waals surface area contributed by atoms with Crippen LogP contribution in [0.3, 0.4) is 0 Å². The summed E-state index contributed by atoms with van der Waals surface area (Å²) in [6, 6.07) is 0. The second-order valence-corrected chi connectivity index (χ2v) is 4.08. The number of hydrogen-bond donors (Lipinski definition) is 1. The van der Waals surface area contributed by atoms with Gasteiger partial charge in [0.2, 0.25) is 0 Å². The van der Waals surface area contributed by atoms with Crippen LogP contribution in [0.4, 0.5) is 0 Å². The zero-order chi connectivity index (χ0) is 9.68. The average molecular weight is 185 g/mol.